The summed E-state index contributed by atoms with van der Waals surface area (Å²) in [5.41, 5.74) is 0. The summed E-state index contributed by atoms with van der Waals surface area (Å²) in [4.78, 5) is 0. The Labute approximate surface area is 117 Å². The van der Waals surface area contributed by atoms with Gasteiger partial charge in [0.1, 0.15) is 18.5 Å². The van der Waals surface area contributed by atoms with Gasteiger partial charge >= 0.3 is 0 Å². The highest BCUT2D eigenvalue weighted by atomic mass is 79.9. The molecule has 0 heterocycles. The largest absolute Gasteiger partial charge is 0.491 e. The molecule has 2 rings (SSSR count). The lowest BCUT2D eigenvalue weighted by molar-refractivity contribution is 0.0955. The van der Waals surface area contributed by atoms with Gasteiger partial charge in [-0.05, 0) is 37.0 Å². The van der Waals surface area contributed by atoms with Crippen LogP contribution in [0, 0.1) is 5.92 Å². The average molecular weight is 314 g/mol. The summed E-state index contributed by atoms with van der Waals surface area (Å²) in [7, 11) is 0. The number of aliphatic hydroxyl groups is 1. The zero-order chi connectivity index (χ0) is 13.0. The summed E-state index contributed by atoms with van der Waals surface area (Å²) in [6, 6.07) is 8.23. The average Bonchev–Trinajstić information content (AvgIpc) is 2.31. The molecule has 1 aliphatic carbocycles. The van der Waals surface area contributed by atoms with Crippen LogP contribution >= 0.6 is 15.9 Å². The molecule has 0 aliphatic heterocycles. The SMILES string of the molecule is CC1CC(NCC(O)COc2cccc(Br)c2)C1. The normalized spacial score (nSPS) is 24.4. The van der Waals surface area contributed by atoms with Gasteiger partial charge in [0, 0.05) is 17.1 Å². The molecule has 1 aromatic carbocycles. The second-order valence-electron chi connectivity index (χ2n) is 5.10. The molecule has 0 radical (unpaired) electrons. The van der Waals surface area contributed by atoms with Crippen LogP contribution in [0.15, 0.2) is 28.7 Å². The summed E-state index contributed by atoms with van der Waals surface area (Å²) in [5.74, 6) is 1.61. The van der Waals surface area contributed by atoms with E-state index in [0.717, 1.165) is 16.1 Å². The number of halogens is 1. The van der Waals surface area contributed by atoms with Crippen LogP contribution < -0.4 is 10.1 Å². The second kappa shape index (κ2) is 6.55. The first-order chi connectivity index (χ1) is 8.63. The fourth-order valence-electron chi connectivity index (χ4n) is 2.18. The molecule has 0 amide bonds. The maximum Gasteiger partial charge on any atom is 0.120 e. The van der Waals surface area contributed by atoms with Crippen molar-refractivity contribution in [1.82, 2.24) is 5.32 Å². The van der Waals surface area contributed by atoms with Crippen LogP contribution in [0.4, 0.5) is 0 Å². The van der Waals surface area contributed by atoms with Crippen molar-refractivity contribution in [3.05, 3.63) is 28.7 Å². The molecule has 1 aliphatic rings. The molecule has 4 heteroatoms. The standard InChI is InChI=1S/C14H20BrNO2/c1-10-5-12(6-10)16-8-13(17)9-18-14-4-2-3-11(15)7-14/h2-4,7,10,12-13,16-17H,5-6,8-9H2,1H3. The Bertz CT molecular complexity index is 380. The van der Waals surface area contributed by atoms with Gasteiger partial charge in [-0.15, -0.1) is 0 Å². The first-order valence-corrected chi connectivity index (χ1v) is 7.22. The van der Waals surface area contributed by atoms with Crippen LogP contribution in [0.1, 0.15) is 19.8 Å². The molecule has 0 aromatic heterocycles. The summed E-state index contributed by atoms with van der Waals surface area (Å²) >= 11 is 3.39. The van der Waals surface area contributed by atoms with Crippen LogP contribution in [-0.4, -0.2) is 30.4 Å². The monoisotopic (exact) mass is 313 g/mol. The molecular formula is C14H20BrNO2. The van der Waals surface area contributed by atoms with Gasteiger partial charge in [0.25, 0.3) is 0 Å². The number of nitrogens with one attached hydrogen (secondary N) is 1. The Morgan fingerprint density at radius 2 is 2.28 bits per heavy atom. The van der Waals surface area contributed by atoms with Crippen LogP contribution in [0.2, 0.25) is 0 Å². The van der Waals surface area contributed by atoms with E-state index < -0.39 is 6.10 Å². The fraction of sp³-hybridized carbons (Fsp3) is 0.571. The third-order valence-corrected chi connectivity index (χ3v) is 3.75. The smallest absolute Gasteiger partial charge is 0.120 e. The maximum atomic E-state index is 9.81. The van der Waals surface area contributed by atoms with Gasteiger partial charge in [0.2, 0.25) is 0 Å². The number of ether oxygens (including phenoxy) is 1. The van der Waals surface area contributed by atoms with Crippen LogP contribution in [0.5, 0.6) is 5.75 Å². The first-order valence-electron chi connectivity index (χ1n) is 6.43. The van der Waals surface area contributed by atoms with Gasteiger partial charge in [0.15, 0.2) is 0 Å². The molecule has 2 N–H and O–H groups in total. The van der Waals surface area contributed by atoms with Crippen molar-refractivity contribution in [3.63, 3.8) is 0 Å². The minimum atomic E-state index is -0.458. The van der Waals surface area contributed by atoms with E-state index >= 15 is 0 Å². The van der Waals surface area contributed by atoms with Crippen molar-refractivity contribution in [3.8, 4) is 5.75 Å². The van der Waals surface area contributed by atoms with Gasteiger partial charge in [0.05, 0.1) is 0 Å². The number of benzene rings is 1. The van der Waals surface area contributed by atoms with E-state index in [9.17, 15) is 5.11 Å². The van der Waals surface area contributed by atoms with Gasteiger partial charge in [-0.3, -0.25) is 0 Å². The van der Waals surface area contributed by atoms with Crippen molar-refractivity contribution >= 4 is 15.9 Å². The highest BCUT2D eigenvalue weighted by Crippen LogP contribution is 2.26. The predicted molar refractivity (Wildman–Crippen MR) is 75.8 cm³/mol. The Balaban J connectivity index is 1.63. The summed E-state index contributed by atoms with van der Waals surface area (Å²) in [6.45, 7) is 3.18. The van der Waals surface area contributed by atoms with E-state index in [2.05, 4.69) is 28.2 Å². The van der Waals surface area contributed by atoms with Crippen molar-refractivity contribution < 1.29 is 9.84 Å². The number of hydrogen-bond donors (Lipinski definition) is 2. The van der Waals surface area contributed by atoms with Gasteiger partial charge in [-0.1, -0.05) is 28.9 Å². The van der Waals surface area contributed by atoms with E-state index in [4.69, 9.17) is 4.74 Å². The Morgan fingerprint density at radius 3 is 2.94 bits per heavy atom. The fourth-order valence-corrected chi connectivity index (χ4v) is 2.56. The third-order valence-electron chi connectivity index (χ3n) is 3.25. The minimum absolute atomic E-state index is 0.325. The first kappa shape index (κ1) is 13.8. The molecular weight excluding hydrogens is 294 g/mol. The van der Waals surface area contributed by atoms with Crippen LogP contribution in [0.3, 0.4) is 0 Å². The zero-order valence-electron chi connectivity index (χ0n) is 10.6. The summed E-state index contributed by atoms with van der Waals surface area (Å²) < 4.78 is 6.52. The Kier molecular flexibility index (Phi) is 5.03. The van der Waals surface area contributed by atoms with E-state index in [0.29, 0.717) is 19.2 Å². The Morgan fingerprint density at radius 1 is 1.50 bits per heavy atom. The molecule has 0 spiro atoms. The van der Waals surface area contributed by atoms with Crippen molar-refractivity contribution in [2.45, 2.75) is 31.9 Å². The number of hydrogen-bond acceptors (Lipinski definition) is 3. The second-order valence-corrected chi connectivity index (χ2v) is 6.02. The molecule has 3 nitrogen and oxygen atoms in total. The topological polar surface area (TPSA) is 41.5 Å². The molecule has 0 saturated heterocycles. The highest BCUT2D eigenvalue weighted by Gasteiger charge is 2.25. The molecule has 1 saturated carbocycles. The lowest BCUT2D eigenvalue weighted by Gasteiger charge is -2.34. The van der Waals surface area contributed by atoms with Gasteiger partial charge in [-0.2, -0.15) is 0 Å². The Hall–Kier alpha value is -0.580. The van der Waals surface area contributed by atoms with Crippen molar-refractivity contribution in [2.75, 3.05) is 13.2 Å². The molecule has 100 valence electrons. The molecule has 0 bridgehead atoms. The minimum Gasteiger partial charge on any atom is -0.491 e. The molecule has 1 unspecified atom stereocenters. The summed E-state index contributed by atoms with van der Waals surface area (Å²) in [6.07, 6.45) is 1.98. The van der Waals surface area contributed by atoms with Gasteiger partial charge < -0.3 is 15.2 Å². The van der Waals surface area contributed by atoms with Crippen LogP contribution in [0.25, 0.3) is 0 Å². The summed E-state index contributed by atoms with van der Waals surface area (Å²) in [5, 5.41) is 13.2. The predicted octanol–water partition coefficient (Wildman–Crippen LogP) is 2.58. The quantitative estimate of drug-likeness (QED) is 0.848. The van der Waals surface area contributed by atoms with Gasteiger partial charge in [-0.25, -0.2) is 0 Å². The van der Waals surface area contributed by atoms with Crippen LogP contribution in [-0.2, 0) is 0 Å². The zero-order valence-corrected chi connectivity index (χ0v) is 12.2. The maximum absolute atomic E-state index is 9.81. The lowest BCUT2D eigenvalue weighted by atomic mass is 9.82. The van der Waals surface area contributed by atoms with Crippen molar-refractivity contribution in [2.24, 2.45) is 5.92 Å². The van der Waals surface area contributed by atoms with E-state index in [-0.39, 0.29) is 0 Å². The number of rotatable bonds is 6. The van der Waals surface area contributed by atoms with E-state index in [1.807, 2.05) is 24.3 Å². The third kappa shape index (κ3) is 4.26. The molecule has 1 atom stereocenters. The molecule has 18 heavy (non-hydrogen) atoms. The highest BCUT2D eigenvalue weighted by molar-refractivity contribution is 9.10. The van der Waals surface area contributed by atoms with Crippen molar-refractivity contribution in [1.29, 1.82) is 0 Å². The number of aliphatic hydroxyl groups excluding tert-OH is 1. The van der Waals surface area contributed by atoms with E-state index in [1.165, 1.54) is 12.8 Å². The molecule has 1 fully saturated rings. The van der Waals surface area contributed by atoms with E-state index in [1.54, 1.807) is 0 Å². The lowest BCUT2D eigenvalue weighted by Crippen LogP contribution is -2.44. The molecule has 1 aromatic rings.